The van der Waals surface area contributed by atoms with Gasteiger partial charge in [-0.25, -0.2) is 0 Å². The van der Waals surface area contributed by atoms with Gasteiger partial charge in [0.25, 0.3) is 0 Å². The fourth-order valence-corrected chi connectivity index (χ4v) is 2.44. The van der Waals surface area contributed by atoms with Crippen molar-refractivity contribution in [2.24, 2.45) is 0 Å². The van der Waals surface area contributed by atoms with E-state index in [-0.39, 0.29) is 25.8 Å². The molecule has 1 aromatic rings. The predicted molar refractivity (Wildman–Crippen MR) is 81.1 cm³/mol. The standard InChI is InChI=1S/C16H25NO4.ClH/c1-3-7-17(8-4-2)10-13(18)11-19-14-5-6-15-16(9-14)21-12-20-15;/h5-6,9,13,18H,3-4,7-8,10-12H2,1-2H3;1H/p-1. The molecule has 6 heteroatoms. The van der Waals surface area contributed by atoms with Gasteiger partial charge in [0.15, 0.2) is 11.5 Å². The molecule has 0 spiro atoms. The zero-order valence-electron chi connectivity index (χ0n) is 13.3. The molecule has 0 fully saturated rings. The summed E-state index contributed by atoms with van der Waals surface area (Å²) in [4.78, 5) is 2.27. The predicted octanol–water partition coefficient (Wildman–Crippen LogP) is -0.719. The van der Waals surface area contributed by atoms with Crippen molar-refractivity contribution in [3.63, 3.8) is 0 Å². The molecule has 1 unspecified atom stereocenters. The van der Waals surface area contributed by atoms with Crippen LogP contribution in [0.1, 0.15) is 26.7 Å². The molecule has 126 valence electrons. The summed E-state index contributed by atoms with van der Waals surface area (Å²) in [7, 11) is 0. The quantitative estimate of drug-likeness (QED) is 0.648. The van der Waals surface area contributed by atoms with Gasteiger partial charge >= 0.3 is 0 Å². The van der Waals surface area contributed by atoms with Gasteiger partial charge in [-0.15, -0.1) is 0 Å². The molecule has 0 amide bonds. The van der Waals surface area contributed by atoms with E-state index in [4.69, 9.17) is 14.2 Å². The van der Waals surface area contributed by atoms with Crippen molar-refractivity contribution >= 4 is 0 Å². The molecule has 0 bridgehead atoms. The Balaban J connectivity index is 0.00000242. The van der Waals surface area contributed by atoms with Gasteiger partial charge in [-0.05, 0) is 38.1 Å². The first-order chi connectivity index (χ1) is 10.2. The SMILES string of the molecule is CCCN(CCC)CC(O)COc1ccc2c(c1)OCO2.[Cl-]. The Morgan fingerprint density at radius 3 is 2.55 bits per heavy atom. The first-order valence-corrected chi connectivity index (χ1v) is 7.65. The van der Waals surface area contributed by atoms with E-state index in [1.165, 1.54) is 0 Å². The highest BCUT2D eigenvalue weighted by molar-refractivity contribution is 5.46. The third kappa shape index (κ3) is 5.55. The van der Waals surface area contributed by atoms with Gasteiger partial charge in [-0.2, -0.15) is 0 Å². The lowest BCUT2D eigenvalue weighted by Gasteiger charge is -2.24. The summed E-state index contributed by atoms with van der Waals surface area (Å²) in [6.45, 7) is 7.50. The van der Waals surface area contributed by atoms with Gasteiger partial charge in [0.2, 0.25) is 6.79 Å². The van der Waals surface area contributed by atoms with E-state index in [9.17, 15) is 5.11 Å². The number of rotatable bonds is 9. The number of aliphatic hydroxyl groups is 1. The number of nitrogens with zero attached hydrogens (tertiary/aromatic N) is 1. The number of aliphatic hydroxyl groups excluding tert-OH is 1. The lowest BCUT2D eigenvalue weighted by molar-refractivity contribution is -0.00000836. The van der Waals surface area contributed by atoms with Crippen molar-refractivity contribution < 1.29 is 31.7 Å². The number of ether oxygens (including phenoxy) is 3. The van der Waals surface area contributed by atoms with Crippen LogP contribution >= 0.6 is 0 Å². The summed E-state index contributed by atoms with van der Waals surface area (Å²) in [5.41, 5.74) is 0. The number of hydrogen-bond donors (Lipinski definition) is 1. The molecular weight excluding hydrogens is 306 g/mol. The van der Waals surface area contributed by atoms with E-state index in [1.807, 2.05) is 12.1 Å². The molecule has 1 aliphatic rings. The van der Waals surface area contributed by atoms with Crippen LogP contribution in [0.5, 0.6) is 17.2 Å². The Bertz CT molecular complexity index is 438. The van der Waals surface area contributed by atoms with Crippen molar-refractivity contribution in [3.05, 3.63) is 18.2 Å². The second-order valence-corrected chi connectivity index (χ2v) is 5.28. The average molecular weight is 331 g/mol. The van der Waals surface area contributed by atoms with Crippen molar-refractivity contribution in [1.29, 1.82) is 0 Å². The molecule has 1 atom stereocenters. The molecule has 2 rings (SSSR count). The lowest BCUT2D eigenvalue weighted by atomic mass is 10.3. The second-order valence-electron chi connectivity index (χ2n) is 5.28. The van der Waals surface area contributed by atoms with Crippen molar-refractivity contribution in [1.82, 2.24) is 4.90 Å². The van der Waals surface area contributed by atoms with Crippen molar-refractivity contribution in [2.45, 2.75) is 32.8 Å². The summed E-state index contributed by atoms with van der Waals surface area (Å²) in [6.07, 6.45) is 1.69. The Kier molecular flexibility index (Phi) is 8.38. The zero-order valence-corrected chi connectivity index (χ0v) is 14.0. The molecule has 0 saturated heterocycles. The van der Waals surface area contributed by atoms with E-state index in [0.29, 0.717) is 18.0 Å². The first kappa shape index (κ1) is 18.9. The number of fused-ring (bicyclic) bond motifs is 1. The number of halogens is 1. The number of hydrogen-bond acceptors (Lipinski definition) is 5. The molecule has 0 aliphatic carbocycles. The van der Waals surface area contributed by atoms with E-state index in [0.717, 1.165) is 31.7 Å². The first-order valence-electron chi connectivity index (χ1n) is 7.65. The maximum absolute atomic E-state index is 10.1. The van der Waals surface area contributed by atoms with Gasteiger partial charge < -0.3 is 36.6 Å². The smallest absolute Gasteiger partial charge is 0.231 e. The van der Waals surface area contributed by atoms with Crippen LogP contribution in [0.25, 0.3) is 0 Å². The highest BCUT2D eigenvalue weighted by Gasteiger charge is 2.15. The topological polar surface area (TPSA) is 51.2 Å². The maximum Gasteiger partial charge on any atom is 0.231 e. The van der Waals surface area contributed by atoms with Gasteiger partial charge in [-0.3, -0.25) is 0 Å². The molecule has 22 heavy (non-hydrogen) atoms. The molecule has 1 heterocycles. The van der Waals surface area contributed by atoms with Crippen LogP contribution in [0.15, 0.2) is 18.2 Å². The molecule has 1 aromatic carbocycles. The Morgan fingerprint density at radius 1 is 1.18 bits per heavy atom. The summed E-state index contributed by atoms with van der Waals surface area (Å²) in [5.74, 6) is 2.12. The molecule has 0 saturated carbocycles. The fraction of sp³-hybridized carbons (Fsp3) is 0.625. The largest absolute Gasteiger partial charge is 1.00 e. The average Bonchev–Trinajstić information content (AvgIpc) is 2.93. The Labute approximate surface area is 138 Å². The highest BCUT2D eigenvalue weighted by atomic mass is 35.5. The zero-order chi connectivity index (χ0) is 15.1. The van der Waals surface area contributed by atoms with Crippen LogP contribution in [0.2, 0.25) is 0 Å². The van der Waals surface area contributed by atoms with Crippen LogP contribution in [0.3, 0.4) is 0 Å². The van der Waals surface area contributed by atoms with E-state index in [1.54, 1.807) is 6.07 Å². The third-order valence-corrected chi connectivity index (χ3v) is 3.34. The van der Waals surface area contributed by atoms with Crippen LogP contribution in [-0.4, -0.2) is 49.1 Å². The van der Waals surface area contributed by atoms with Gasteiger partial charge in [0.1, 0.15) is 18.5 Å². The van der Waals surface area contributed by atoms with Crippen LogP contribution in [0, 0.1) is 0 Å². The van der Waals surface area contributed by atoms with E-state index in [2.05, 4.69) is 18.7 Å². The molecule has 0 radical (unpaired) electrons. The Morgan fingerprint density at radius 2 is 1.86 bits per heavy atom. The molecular formula is C16H25ClNO4-. The second kappa shape index (κ2) is 9.77. The molecule has 1 aliphatic heterocycles. The lowest BCUT2D eigenvalue weighted by Crippen LogP contribution is -3.00. The van der Waals surface area contributed by atoms with E-state index >= 15 is 0 Å². The fourth-order valence-electron chi connectivity index (χ4n) is 2.44. The van der Waals surface area contributed by atoms with Gasteiger partial charge in [-0.1, -0.05) is 13.8 Å². The monoisotopic (exact) mass is 330 g/mol. The molecule has 5 nitrogen and oxygen atoms in total. The highest BCUT2D eigenvalue weighted by Crippen LogP contribution is 2.35. The van der Waals surface area contributed by atoms with Crippen molar-refractivity contribution in [3.8, 4) is 17.2 Å². The minimum atomic E-state index is -0.492. The summed E-state index contributed by atoms with van der Waals surface area (Å²) < 4.78 is 16.2. The van der Waals surface area contributed by atoms with E-state index < -0.39 is 6.10 Å². The maximum atomic E-state index is 10.1. The van der Waals surface area contributed by atoms with Crippen LogP contribution in [-0.2, 0) is 0 Å². The summed E-state index contributed by atoms with van der Waals surface area (Å²) >= 11 is 0. The summed E-state index contributed by atoms with van der Waals surface area (Å²) in [5, 5.41) is 10.1. The van der Waals surface area contributed by atoms with Gasteiger partial charge in [0, 0.05) is 12.6 Å². The Hall–Kier alpha value is -1.17. The summed E-state index contributed by atoms with van der Waals surface area (Å²) in [6, 6.07) is 5.45. The van der Waals surface area contributed by atoms with Gasteiger partial charge in [0.05, 0.1) is 0 Å². The molecule has 0 aromatic heterocycles. The molecule has 1 N–H and O–H groups in total. The minimum absolute atomic E-state index is 0. The normalized spacial score (nSPS) is 13.8. The minimum Gasteiger partial charge on any atom is -1.00 e. The van der Waals surface area contributed by atoms with Crippen molar-refractivity contribution in [2.75, 3.05) is 33.0 Å². The number of benzene rings is 1. The third-order valence-electron chi connectivity index (χ3n) is 3.34. The van der Waals surface area contributed by atoms with Crippen LogP contribution < -0.4 is 26.6 Å². The van der Waals surface area contributed by atoms with Crippen LogP contribution in [0.4, 0.5) is 0 Å².